The van der Waals surface area contributed by atoms with Crippen LogP contribution in [-0.2, 0) is 32.7 Å². The Hall–Kier alpha value is -3.59. The number of allylic oxidation sites excluding steroid dienone is 20. The zero-order chi connectivity index (χ0) is 61.6. The van der Waals surface area contributed by atoms with Gasteiger partial charge in [0, 0.05) is 19.4 Å². The fourth-order valence-electron chi connectivity index (χ4n) is 9.68. The first-order chi connectivity index (χ1) is 41.8. The van der Waals surface area contributed by atoms with Crippen molar-refractivity contribution in [2.75, 3.05) is 26.4 Å². The van der Waals surface area contributed by atoms with Crippen molar-refractivity contribution in [3.63, 3.8) is 0 Å². The van der Waals surface area contributed by atoms with Crippen LogP contribution in [0.15, 0.2) is 122 Å². The van der Waals surface area contributed by atoms with E-state index in [4.69, 9.17) is 24.3 Å². The quantitative estimate of drug-likeness (QED) is 0.0264. The lowest BCUT2D eigenvalue weighted by atomic mass is 10.0. The third-order valence-electron chi connectivity index (χ3n) is 14.8. The summed E-state index contributed by atoms with van der Waals surface area (Å²) in [6.07, 6.45) is 97.1. The normalized spacial score (nSPS) is 13.7. The number of phosphoric ester groups is 1. The largest absolute Gasteiger partial charge is 0.472 e. The van der Waals surface area contributed by atoms with Crippen LogP contribution < -0.4 is 5.73 Å². The fourth-order valence-corrected chi connectivity index (χ4v) is 10.5. The summed E-state index contributed by atoms with van der Waals surface area (Å²) in [5, 5.41) is 0. The van der Waals surface area contributed by atoms with Crippen molar-refractivity contribution >= 4 is 19.8 Å². The van der Waals surface area contributed by atoms with Gasteiger partial charge in [-0.1, -0.05) is 309 Å². The summed E-state index contributed by atoms with van der Waals surface area (Å²) < 4.78 is 33.2. The fraction of sp³-hybridized carbons (Fsp3) is 0.707. The standard InChI is InChI=1S/C75H130NO8P/c1-3-5-7-9-11-13-15-17-19-21-23-25-27-29-31-33-35-36-38-39-41-43-45-47-49-51-53-55-57-59-61-63-65-67-74(77)81-71-73(72-83-85(79,80)82-70-69-76)84-75(78)68-66-64-62-60-58-56-54-52-50-48-46-44-42-40-37-34-32-30-28-26-24-22-20-18-16-14-12-10-8-6-4-2/h6,8,12,14-15,17-18,20-21,23-24,26-27,29-30,32,37,40,44,46,73H,3-5,7,9-11,13,16,19,22,25,28,31,33-36,38-39,41-43,45,47-72,76H2,1-2H3,(H,79,80)/b8-6-,14-12-,17-15-,20-18-,23-21-,26-24-,29-27-,32-30-,40-37-,46-44-. The predicted molar refractivity (Wildman–Crippen MR) is 367 cm³/mol. The first-order valence-corrected chi connectivity index (χ1v) is 36.5. The Kier molecular flexibility index (Phi) is 66.6. The highest BCUT2D eigenvalue weighted by Gasteiger charge is 2.26. The van der Waals surface area contributed by atoms with E-state index >= 15 is 0 Å². The third-order valence-corrected chi connectivity index (χ3v) is 15.8. The van der Waals surface area contributed by atoms with E-state index in [-0.39, 0.29) is 38.6 Å². The number of hydrogen-bond donors (Lipinski definition) is 2. The Labute approximate surface area is 523 Å². The van der Waals surface area contributed by atoms with Crippen LogP contribution in [0.2, 0.25) is 0 Å². The van der Waals surface area contributed by atoms with Gasteiger partial charge < -0.3 is 20.1 Å². The first kappa shape index (κ1) is 81.4. The van der Waals surface area contributed by atoms with E-state index in [0.29, 0.717) is 6.42 Å². The van der Waals surface area contributed by atoms with Crippen LogP contribution in [0.4, 0.5) is 0 Å². The molecule has 0 aromatic carbocycles. The monoisotopic (exact) mass is 1200 g/mol. The molecule has 0 amide bonds. The molecule has 3 N–H and O–H groups in total. The van der Waals surface area contributed by atoms with Crippen molar-refractivity contribution in [2.24, 2.45) is 5.73 Å². The van der Waals surface area contributed by atoms with Gasteiger partial charge in [-0.25, -0.2) is 4.57 Å². The van der Waals surface area contributed by atoms with Crippen LogP contribution in [0.3, 0.4) is 0 Å². The molecule has 0 aliphatic rings. The van der Waals surface area contributed by atoms with Crippen LogP contribution >= 0.6 is 7.82 Å². The van der Waals surface area contributed by atoms with Gasteiger partial charge in [0.25, 0.3) is 0 Å². The molecule has 0 spiro atoms. The topological polar surface area (TPSA) is 134 Å². The molecule has 0 rings (SSSR count). The van der Waals surface area contributed by atoms with Gasteiger partial charge in [0.05, 0.1) is 13.2 Å². The van der Waals surface area contributed by atoms with E-state index in [1.807, 2.05) is 0 Å². The van der Waals surface area contributed by atoms with Crippen molar-refractivity contribution in [3.05, 3.63) is 122 Å². The molecule has 2 atom stereocenters. The van der Waals surface area contributed by atoms with Gasteiger partial charge in [-0.2, -0.15) is 0 Å². The number of rotatable bonds is 65. The van der Waals surface area contributed by atoms with Gasteiger partial charge in [0.1, 0.15) is 6.61 Å². The SMILES string of the molecule is CC/C=C\C/C=C\C/C=C\C/C=C\C/C=C\C/C=C\C/C=C\CCCCCCCCCCCC(=O)OC(COC(=O)CCCCCCCCCCCCCCCCCCCC/C=C\C/C=C\C/C=C\CCCCCCC)COP(=O)(O)OCCN. The average molecular weight is 1200 g/mol. The van der Waals surface area contributed by atoms with Gasteiger partial charge in [-0.3, -0.25) is 18.6 Å². The molecule has 0 aromatic heterocycles. The second kappa shape index (κ2) is 69.5. The van der Waals surface area contributed by atoms with E-state index in [9.17, 15) is 19.0 Å². The highest BCUT2D eigenvalue weighted by atomic mass is 31.2. The zero-order valence-electron chi connectivity index (χ0n) is 54.8. The summed E-state index contributed by atoms with van der Waals surface area (Å²) in [5.41, 5.74) is 5.40. The molecule has 0 radical (unpaired) electrons. The van der Waals surface area contributed by atoms with Crippen LogP contribution in [0.1, 0.15) is 309 Å². The Balaban J connectivity index is 3.91. The van der Waals surface area contributed by atoms with E-state index < -0.39 is 26.5 Å². The van der Waals surface area contributed by atoms with Crippen molar-refractivity contribution in [2.45, 2.75) is 315 Å². The average Bonchev–Trinajstić information content (AvgIpc) is 3.52. The molecule has 0 saturated carbocycles. The number of unbranched alkanes of at least 4 members (excludes halogenated alkanes) is 32. The number of ether oxygens (including phenoxy) is 2. The number of esters is 2. The summed E-state index contributed by atoms with van der Waals surface area (Å²) in [6.45, 7) is 3.63. The molecule has 85 heavy (non-hydrogen) atoms. The maximum Gasteiger partial charge on any atom is 0.472 e. The molecule has 0 heterocycles. The van der Waals surface area contributed by atoms with Gasteiger partial charge in [-0.15, -0.1) is 0 Å². The second-order valence-electron chi connectivity index (χ2n) is 23.0. The van der Waals surface area contributed by atoms with Gasteiger partial charge in [0.2, 0.25) is 0 Å². The van der Waals surface area contributed by atoms with Gasteiger partial charge in [0.15, 0.2) is 6.10 Å². The maximum atomic E-state index is 12.8. The Morgan fingerprint density at radius 2 is 0.647 bits per heavy atom. The number of carbonyl (C=O) groups excluding carboxylic acids is 2. The zero-order valence-corrected chi connectivity index (χ0v) is 55.7. The Morgan fingerprint density at radius 1 is 0.365 bits per heavy atom. The Morgan fingerprint density at radius 3 is 0.965 bits per heavy atom. The maximum absolute atomic E-state index is 12.8. The number of hydrogen-bond acceptors (Lipinski definition) is 8. The molecule has 0 aliphatic heterocycles. The van der Waals surface area contributed by atoms with E-state index in [1.165, 1.54) is 173 Å². The molecule has 9 nitrogen and oxygen atoms in total. The molecule has 0 bridgehead atoms. The lowest BCUT2D eigenvalue weighted by Crippen LogP contribution is -2.29. The minimum Gasteiger partial charge on any atom is -0.462 e. The van der Waals surface area contributed by atoms with E-state index in [0.717, 1.165) is 103 Å². The molecular formula is C75H130NO8P. The van der Waals surface area contributed by atoms with Gasteiger partial charge >= 0.3 is 19.8 Å². The summed E-state index contributed by atoms with van der Waals surface area (Å²) in [5.74, 6) is -0.831. The second-order valence-corrected chi connectivity index (χ2v) is 24.5. The lowest BCUT2D eigenvalue weighted by Gasteiger charge is -2.19. The van der Waals surface area contributed by atoms with Crippen LogP contribution in [0, 0.1) is 0 Å². The van der Waals surface area contributed by atoms with Crippen molar-refractivity contribution in [1.82, 2.24) is 0 Å². The molecule has 488 valence electrons. The van der Waals surface area contributed by atoms with Crippen LogP contribution in [-0.4, -0.2) is 49.3 Å². The highest BCUT2D eigenvalue weighted by Crippen LogP contribution is 2.43. The molecule has 0 fully saturated rings. The summed E-state index contributed by atoms with van der Waals surface area (Å²) in [7, 11) is -4.40. The number of carbonyl (C=O) groups is 2. The highest BCUT2D eigenvalue weighted by molar-refractivity contribution is 7.47. The van der Waals surface area contributed by atoms with Crippen molar-refractivity contribution in [3.8, 4) is 0 Å². The Bertz CT molecular complexity index is 1810. The summed E-state index contributed by atoms with van der Waals surface area (Å²) >= 11 is 0. The molecule has 0 aromatic rings. The predicted octanol–water partition coefficient (Wildman–Crippen LogP) is 23.1. The minimum absolute atomic E-state index is 0.0479. The first-order valence-electron chi connectivity index (χ1n) is 35.0. The molecule has 0 aliphatic carbocycles. The van der Waals surface area contributed by atoms with E-state index in [2.05, 4.69) is 135 Å². The number of phosphoric acid groups is 1. The molecule has 10 heteroatoms. The summed E-state index contributed by atoms with van der Waals surface area (Å²) in [6, 6.07) is 0. The lowest BCUT2D eigenvalue weighted by molar-refractivity contribution is -0.161. The smallest absolute Gasteiger partial charge is 0.462 e. The third kappa shape index (κ3) is 69.4. The minimum atomic E-state index is -4.40. The van der Waals surface area contributed by atoms with E-state index in [1.54, 1.807) is 0 Å². The molecular weight excluding hydrogens is 1070 g/mol. The van der Waals surface area contributed by atoms with Crippen molar-refractivity contribution in [1.29, 1.82) is 0 Å². The molecule has 2 unspecified atom stereocenters. The number of nitrogens with two attached hydrogens (primary N) is 1. The van der Waals surface area contributed by atoms with Crippen molar-refractivity contribution < 1.29 is 37.6 Å². The van der Waals surface area contributed by atoms with Gasteiger partial charge in [-0.05, 0) is 109 Å². The summed E-state index contributed by atoms with van der Waals surface area (Å²) in [4.78, 5) is 35.4. The van der Waals surface area contributed by atoms with Crippen LogP contribution in [0.5, 0.6) is 0 Å². The van der Waals surface area contributed by atoms with Crippen LogP contribution in [0.25, 0.3) is 0 Å². The molecule has 0 saturated heterocycles.